The molecule has 3 heterocycles. The second-order valence-corrected chi connectivity index (χ2v) is 9.04. The minimum atomic E-state index is -3.71. The zero-order valence-electron chi connectivity index (χ0n) is 13.8. The van der Waals surface area contributed by atoms with E-state index in [0.29, 0.717) is 18.8 Å². The molecule has 0 aliphatic carbocycles. The summed E-state index contributed by atoms with van der Waals surface area (Å²) in [5.41, 5.74) is 0. The van der Waals surface area contributed by atoms with Crippen molar-refractivity contribution in [1.29, 1.82) is 0 Å². The lowest BCUT2D eigenvalue weighted by molar-refractivity contribution is -0.121. The maximum absolute atomic E-state index is 12.7. The van der Waals surface area contributed by atoms with Gasteiger partial charge in [0.2, 0.25) is 15.9 Å². The molecule has 1 atom stereocenters. The SMILES string of the molecule is Cc1cc(S(=O)(=O)N[C@H]2CCCN(c3ccnn3C)C2=O)c(C)s1. The van der Waals surface area contributed by atoms with Crippen molar-refractivity contribution < 1.29 is 13.2 Å². The first kappa shape index (κ1) is 17.1. The summed E-state index contributed by atoms with van der Waals surface area (Å²) in [6, 6.07) is 2.65. The molecule has 0 spiro atoms. The van der Waals surface area contributed by atoms with Crippen LogP contribution in [0.4, 0.5) is 5.82 Å². The van der Waals surface area contributed by atoms with Crippen LogP contribution < -0.4 is 9.62 Å². The highest BCUT2D eigenvalue weighted by Crippen LogP contribution is 2.26. The highest BCUT2D eigenvalue weighted by molar-refractivity contribution is 7.89. The molecule has 2 aromatic rings. The van der Waals surface area contributed by atoms with Gasteiger partial charge in [-0.3, -0.25) is 14.4 Å². The predicted molar refractivity (Wildman–Crippen MR) is 92.7 cm³/mol. The van der Waals surface area contributed by atoms with Crippen molar-refractivity contribution in [3.8, 4) is 0 Å². The summed E-state index contributed by atoms with van der Waals surface area (Å²) < 4.78 is 29.5. The highest BCUT2D eigenvalue weighted by atomic mass is 32.2. The maximum atomic E-state index is 12.7. The molecule has 0 saturated carbocycles. The van der Waals surface area contributed by atoms with Crippen LogP contribution in [0.5, 0.6) is 0 Å². The van der Waals surface area contributed by atoms with Gasteiger partial charge in [0.05, 0.1) is 11.1 Å². The lowest BCUT2D eigenvalue weighted by Gasteiger charge is -2.32. The number of rotatable bonds is 4. The number of nitrogens with one attached hydrogen (secondary N) is 1. The molecule has 0 bridgehead atoms. The topological polar surface area (TPSA) is 84.3 Å². The van der Waals surface area contributed by atoms with Crippen LogP contribution in [0.25, 0.3) is 0 Å². The number of carbonyl (C=O) groups excluding carboxylic acids is 1. The number of piperidine rings is 1. The molecule has 1 saturated heterocycles. The number of carbonyl (C=O) groups is 1. The number of hydrogen-bond acceptors (Lipinski definition) is 5. The average molecular weight is 368 g/mol. The van der Waals surface area contributed by atoms with Crippen LogP contribution in [0.1, 0.15) is 22.6 Å². The normalized spacial score (nSPS) is 19.0. The molecule has 0 radical (unpaired) electrons. The van der Waals surface area contributed by atoms with E-state index in [4.69, 9.17) is 0 Å². The number of hydrogen-bond donors (Lipinski definition) is 1. The molecular formula is C15H20N4O3S2. The third-order valence-corrected chi connectivity index (χ3v) is 6.79. The second-order valence-electron chi connectivity index (χ2n) is 5.90. The fourth-order valence-corrected chi connectivity index (χ4v) is 5.75. The molecule has 1 N–H and O–H groups in total. The standard InChI is InChI=1S/C15H20N4O3S2/c1-10-9-13(11(2)23-10)24(21,22)17-12-5-4-8-19(15(12)20)14-6-7-16-18(14)3/h6-7,9,12,17H,4-5,8H2,1-3H3/t12-/m0/s1. The molecule has 1 amide bonds. The van der Waals surface area contributed by atoms with Crippen LogP contribution in [0.2, 0.25) is 0 Å². The number of aryl methyl sites for hydroxylation is 3. The smallest absolute Gasteiger partial charge is 0.246 e. The molecule has 3 rings (SSSR count). The van der Waals surface area contributed by atoms with E-state index in [1.165, 1.54) is 11.3 Å². The van der Waals surface area contributed by atoms with Gasteiger partial charge in [-0.2, -0.15) is 9.82 Å². The van der Waals surface area contributed by atoms with Gasteiger partial charge in [0.1, 0.15) is 11.9 Å². The molecule has 1 aliphatic heterocycles. The Morgan fingerprint density at radius 2 is 2.12 bits per heavy atom. The molecule has 130 valence electrons. The summed E-state index contributed by atoms with van der Waals surface area (Å²) in [5.74, 6) is 0.435. The largest absolute Gasteiger partial charge is 0.296 e. The Hall–Kier alpha value is -1.71. The van der Waals surface area contributed by atoms with E-state index in [0.717, 1.165) is 16.2 Å². The first-order valence-electron chi connectivity index (χ1n) is 7.68. The lowest BCUT2D eigenvalue weighted by Crippen LogP contribution is -2.52. The van der Waals surface area contributed by atoms with E-state index >= 15 is 0 Å². The third-order valence-electron chi connectivity index (χ3n) is 4.09. The minimum absolute atomic E-state index is 0.238. The Morgan fingerprint density at radius 1 is 1.38 bits per heavy atom. The van der Waals surface area contributed by atoms with Crippen LogP contribution in [0, 0.1) is 13.8 Å². The van der Waals surface area contributed by atoms with Gasteiger partial charge in [-0.25, -0.2) is 8.42 Å². The Labute approximate surface area is 145 Å². The fraction of sp³-hybridized carbons (Fsp3) is 0.467. The number of amides is 1. The third kappa shape index (κ3) is 3.11. The van der Waals surface area contributed by atoms with E-state index in [2.05, 4.69) is 9.82 Å². The van der Waals surface area contributed by atoms with Crippen LogP contribution in [-0.2, 0) is 21.9 Å². The second kappa shape index (κ2) is 6.30. The van der Waals surface area contributed by atoms with Gasteiger partial charge < -0.3 is 0 Å². The molecule has 1 aliphatic rings. The molecule has 1 fully saturated rings. The average Bonchev–Trinajstić information content (AvgIpc) is 3.07. The highest BCUT2D eigenvalue weighted by Gasteiger charge is 2.34. The molecule has 0 unspecified atom stereocenters. The number of aromatic nitrogens is 2. The Bertz CT molecular complexity index is 869. The van der Waals surface area contributed by atoms with Gasteiger partial charge >= 0.3 is 0 Å². The van der Waals surface area contributed by atoms with Gasteiger partial charge in [-0.05, 0) is 32.8 Å². The lowest BCUT2D eigenvalue weighted by atomic mass is 10.1. The minimum Gasteiger partial charge on any atom is -0.296 e. The number of nitrogens with zero attached hydrogens (tertiary/aromatic N) is 3. The first-order valence-corrected chi connectivity index (χ1v) is 9.98. The molecule has 0 aromatic carbocycles. The van der Waals surface area contributed by atoms with E-state index in [9.17, 15) is 13.2 Å². The van der Waals surface area contributed by atoms with E-state index < -0.39 is 16.1 Å². The van der Waals surface area contributed by atoms with Gasteiger partial charge in [0.15, 0.2) is 0 Å². The van der Waals surface area contributed by atoms with Crippen molar-refractivity contribution in [3.05, 3.63) is 28.1 Å². The summed E-state index contributed by atoms with van der Waals surface area (Å²) in [7, 11) is -1.96. The van der Waals surface area contributed by atoms with E-state index in [1.54, 1.807) is 41.9 Å². The zero-order valence-corrected chi connectivity index (χ0v) is 15.4. The number of sulfonamides is 1. The number of thiophene rings is 1. The monoisotopic (exact) mass is 368 g/mol. The fourth-order valence-electron chi connectivity index (χ4n) is 2.97. The quantitative estimate of drug-likeness (QED) is 0.888. The Kier molecular flexibility index (Phi) is 4.50. The van der Waals surface area contributed by atoms with Crippen molar-refractivity contribution in [2.75, 3.05) is 11.4 Å². The van der Waals surface area contributed by atoms with E-state index in [-0.39, 0.29) is 10.8 Å². The van der Waals surface area contributed by atoms with Crippen molar-refractivity contribution in [3.63, 3.8) is 0 Å². The molecule has 7 nitrogen and oxygen atoms in total. The van der Waals surface area contributed by atoms with Crippen molar-refractivity contribution in [2.24, 2.45) is 7.05 Å². The van der Waals surface area contributed by atoms with Crippen LogP contribution in [0.15, 0.2) is 23.2 Å². The summed E-state index contributed by atoms with van der Waals surface area (Å²) in [6.45, 7) is 4.20. The van der Waals surface area contributed by atoms with Crippen LogP contribution >= 0.6 is 11.3 Å². The summed E-state index contributed by atoms with van der Waals surface area (Å²) in [5, 5.41) is 4.07. The Balaban J connectivity index is 1.83. The van der Waals surface area contributed by atoms with E-state index in [1.807, 2.05) is 6.92 Å². The van der Waals surface area contributed by atoms with Gasteiger partial charge in [0, 0.05) is 29.4 Å². The predicted octanol–water partition coefficient (Wildman–Crippen LogP) is 1.57. The first-order chi connectivity index (χ1) is 11.3. The van der Waals surface area contributed by atoms with Crippen LogP contribution in [-0.4, -0.2) is 36.7 Å². The van der Waals surface area contributed by atoms with Crippen LogP contribution in [0.3, 0.4) is 0 Å². The van der Waals surface area contributed by atoms with Crippen molar-refractivity contribution in [1.82, 2.24) is 14.5 Å². The van der Waals surface area contributed by atoms with Crippen molar-refractivity contribution in [2.45, 2.75) is 37.6 Å². The van der Waals surface area contributed by atoms with Gasteiger partial charge in [-0.1, -0.05) is 0 Å². The molecule has 9 heteroatoms. The molecular weight excluding hydrogens is 348 g/mol. The maximum Gasteiger partial charge on any atom is 0.246 e. The van der Waals surface area contributed by atoms with Gasteiger partial charge in [0.25, 0.3) is 0 Å². The number of anilines is 1. The van der Waals surface area contributed by atoms with Gasteiger partial charge in [-0.15, -0.1) is 11.3 Å². The van der Waals surface area contributed by atoms with Crippen molar-refractivity contribution >= 4 is 33.1 Å². The Morgan fingerprint density at radius 3 is 2.71 bits per heavy atom. The molecule has 24 heavy (non-hydrogen) atoms. The zero-order chi connectivity index (χ0) is 17.5. The summed E-state index contributed by atoms with van der Waals surface area (Å²) in [4.78, 5) is 16.2. The summed E-state index contributed by atoms with van der Waals surface area (Å²) >= 11 is 1.43. The summed E-state index contributed by atoms with van der Waals surface area (Å²) in [6.07, 6.45) is 2.84. The molecule has 2 aromatic heterocycles.